The van der Waals surface area contributed by atoms with Gasteiger partial charge in [0.15, 0.2) is 0 Å². The number of carbonyl (C=O) groups is 1. The third-order valence-corrected chi connectivity index (χ3v) is 5.17. The standard InChI is InChI=1S/C17H21N3OS/c1-11-5-6-14(8-12(11)2)19-16(21)15-10-22-17(20-15)13-4-3-7-18-9-13/h5-6,8,10,13,18H,3-4,7,9H2,1-2H3,(H,19,21). The fourth-order valence-corrected chi connectivity index (χ4v) is 3.59. The molecule has 0 bridgehead atoms. The number of anilines is 1. The summed E-state index contributed by atoms with van der Waals surface area (Å²) in [5.74, 6) is 0.316. The maximum Gasteiger partial charge on any atom is 0.275 e. The van der Waals surface area contributed by atoms with Crippen LogP contribution in [0.5, 0.6) is 0 Å². The van der Waals surface area contributed by atoms with E-state index in [1.165, 1.54) is 17.5 Å². The highest BCUT2D eigenvalue weighted by atomic mass is 32.1. The van der Waals surface area contributed by atoms with Crippen molar-refractivity contribution < 1.29 is 4.79 Å². The first-order chi connectivity index (χ1) is 10.6. The Morgan fingerprint density at radius 3 is 2.95 bits per heavy atom. The highest BCUT2D eigenvalue weighted by molar-refractivity contribution is 7.10. The second-order valence-corrected chi connectivity index (χ2v) is 6.76. The van der Waals surface area contributed by atoms with Gasteiger partial charge in [-0.05, 0) is 56.5 Å². The monoisotopic (exact) mass is 315 g/mol. The first kappa shape index (κ1) is 15.2. The van der Waals surface area contributed by atoms with E-state index >= 15 is 0 Å². The largest absolute Gasteiger partial charge is 0.321 e. The van der Waals surface area contributed by atoms with Crippen LogP contribution in [0, 0.1) is 13.8 Å². The summed E-state index contributed by atoms with van der Waals surface area (Å²) in [6.45, 7) is 6.15. The lowest BCUT2D eigenvalue weighted by Gasteiger charge is -2.20. The lowest BCUT2D eigenvalue weighted by atomic mass is 10.0. The Hall–Kier alpha value is -1.72. The molecule has 2 N–H and O–H groups in total. The lowest BCUT2D eigenvalue weighted by Crippen LogP contribution is -2.28. The Labute approximate surface area is 135 Å². The molecular weight excluding hydrogens is 294 g/mol. The molecule has 1 aliphatic rings. The minimum Gasteiger partial charge on any atom is -0.321 e. The van der Waals surface area contributed by atoms with Gasteiger partial charge in [0.1, 0.15) is 5.69 Å². The van der Waals surface area contributed by atoms with E-state index in [0.29, 0.717) is 11.6 Å². The number of aryl methyl sites for hydroxylation is 2. The quantitative estimate of drug-likeness (QED) is 0.912. The number of rotatable bonds is 3. The van der Waals surface area contributed by atoms with Gasteiger partial charge in [0, 0.05) is 23.5 Å². The summed E-state index contributed by atoms with van der Waals surface area (Å²) in [5.41, 5.74) is 3.73. The molecule has 22 heavy (non-hydrogen) atoms. The highest BCUT2D eigenvalue weighted by Crippen LogP contribution is 2.26. The highest BCUT2D eigenvalue weighted by Gasteiger charge is 2.20. The van der Waals surface area contributed by atoms with Crippen LogP contribution in [0.25, 0.3) is 0 Å². The van der Waals surface area contributed by atoms with Gasteiger partial charge in [0.2, 0.25) is 0 Å². The van der Waals surface area contributed by atoms with Crippen LogP contribution in [0.1, 0.15) is 45.4 Å². The van der Waals surface area contributed by atoms with Crippen LogP contribution in [0.2, 0.25) is 0 Å². The van der Waals surface area contributed by atoms with Gasteiger partial charge in [-0.25, -0.2) is 4.98 Å². The fourth-order valence-electron chi connectivity index (χ4n) is 2.66. The molecule has 1 amide bonds. The van der Waals surface area contributed by atoms with Crippen LogP contribution in [-0.4, -0.2) is 24.0 Å². The first-order valence-corrected chi connectivity index (χ1v) is 8.56. The molecule has 3 rings (SSSR count). The van der Waals surface area contributed by atoms with Crippen molar-refractivity contribution in [2.24, 2.45) is 0 Å². The Bertz CT molecular complexity index is 674. The molecule has 0 spiro atoms. The molecule has 1 aliphatic heterocycles. The Balaban J connectivity index is 1.69. The molecule has 1 aromatic carbocycles. The van der Waals surface area contributed by atoms with Crippen molar-refractivity contribution in [1.29, 1.82) is 0 Å². The summed E-state index contributed by atoms with van der Waals surface area (Å²) >= 11 is 1.59. The van der Waals surface area contributed by atoms with Crippen molar-refractivity contribution in [3.8, 4) is 0 Å². The van der Waals surface area contributed by atoms with Crippen molar-refractivity contribution in [1.82, 2.24) is 10.3 Å². The smallest absolute Gasteiger partial charge is 0.275 e. The first-order valence-electron chi connectivity index (χ1n) is 7.68. The number of piperidine rings is 1. The van der Waals surface area contributed by atoms with E-state index < -0.39 is 0 Å². The average Bonchev–Trinajstić information content (AvgIpc) is 3.02. The third-order valence-electron chi connectivity index (χ3n) is 4.17. The zero-order chi connectivity index (χ0) is 15.5. The molecule has 1 unspecified atom stereocenters. The number of thiazole rings is 1. The van der Waals surface area contributed by atoms with Gasteiger partial charge in [0.25, 0.3) is 5.91 Å². The molecule has 2 aromatic rings. The second kappa shape index (κ2) is 6.58. The molecular formula is C17H21N3OS. The van der Waals surface area contributed by atoms with E-state index in [0.717, 1.165) is 30.2 Å². The predicted octanol–water partition coefficient (Wildman–Crippen LogP) is 3.48. The molecule has 1 saturated heterocycles. The molecule has 2 heterocycles. The van der Waals surface area contributed by atoms with E-state index in [2.05, 4.69) is 22.5 Å². The van der Waals surface area contributed by atoms with Gasteiger partial charge in [-0.3, -0.25) is 4.79 Å². The molecule has 1 atom stereocenters. The number of nitrogens with one attached hydrogen (secondary N) is 2. The molecule has 0 saturated carbocycles. The number of benzene rings is 1. The lowest BCUT2D eigenvalue weighted by molar-refractivity contribution is 0.102. The van der Waals surface area contributed by atoms with Gasteiger partial charge in [-0.15, -0.1) is 11.3 Å². The number of hydrogen-bond donors (Lipinski definition) is 2. The van der Waals surface area contributed by atoms with Gasteiger partial charge in [-0.2, -0.15) is 0 Å². The van der Waals surface area contributed by atoms with E-state index in [-0.39, 0.29) is 5.91 Å². The molecule has 1 aromatic heterocycles. The van der Waals surface area contributed by atoms with Crippen LogP contribution in [-0.2, 0) is 0 Å². The normalized spacial score (nSPS) is 18.2. The fraction of sp³-hybridized carbons (Fsp3) is 0.412. The molecule has 116 valence electrons. The van der Waals surface area contributed by atoms with Crippen LogP contribution in [0.15, 0.2) is 23.6 Å². The molecule has 5 heteroatoms. The van der Waals surface area contributed by atoms with E-state index in [4.69, 9.17) is 0 Å². The predicted molar refractivity (Wildman–Crippen MR) is 90.8 cm³/mol. The summed E-state index contributed by atoms with van der Waals surface area (Å²) in [5, 5.41) is 9.25. The number of hydrogen-bond acceptors (Lipinski definition) is 4. The Morgan fingerprint density at radius 1 is 1.36 bits per heavy atom. The van der Waals surface area contributed by atoms with Crippen molar-refractivity contribution >= 4 is 22.9 Å². The number of aromatic nitrogens is 1. The molecule has 0 radical (unpaired) electrons. The maximum absolute atomic E-state index is 12.3. The summed E-state index contributed by atoms with van der Waals surface area (Å²) < 4.78 is 0. The summed E-state index contributed by atoms with van der Waals surface area (Å²) in [6.07, 6.45) is 2.33. The van der Waals surface area contributed by atoms with E-state index in [9.17, 15) is 4.79 Å². The zero-order valence-corrected chi connectivity index (χ0v) is 13.8. The van der Waals surface area contributed by atoms with Crippen LogP contribution in [0.4, 0.5) is 5.69 Å². The number of nitrogens with zero attached hydrogens (tertiary/aromatic N) is 1. The number of amides is 1. The molecule has 0 aliphatic carbocycles. The van der Waals surface area contributed by atoms with Crippen molar-refractivity contribution in [2.75, 3.05) is 18.4 Å². The SMILES string of the molecule is Cc1ccc(NC(=O)c2csc(C3CCCNC3)n2)cc1C. The van der Waals surface area contributed by atoms with Crippen molar-refractivity contribution in [3.63, 3.8) is 0 Å². The van der Waals surface area contributed by atoms with Crippen LogP contribution < -0.4 is 10.6 Å². The number of carbonyl (C=O) groups excluding carboxylic acids is 1. The third kappa shape index (κ3) is 3.36. The van der Waals surface area contributed by atoms with E-state index in [1.807, 2.05) is 30.5 Å². The van der Waals surface area contributed by atoms with Gasteiger partial charge in [0.05, 0.1) is 5.01 Å². The van der Waals surface area contributed by atoms with Crippen LogP contribution in [0.3, 0.4) is 0 Å². The van der Waals surface area contributed by atoms with E-state index in [1.54, 1.807) is 11.3 Å². The topological polar surface area (TPSA) is 54.0 Å². The Morgan fingerprint density at radius 2 is 2.23 bits per heavy atom. The van der Waals surface area contributed by atoms with Gasteiger partial charge >= 0.3 is 0 Å². The minimum atomic E-state index is -0.130. The van der Waals surface area contributed by atoms with Crippen LogP contribution >= 0.6 is 11.3 Å². The molecule has 1 fully saturated rings. The average molecular weight is 315 g/mol. The van der Waals surface area contributed by atoms with Crippen molar-refractivity contribution in [2.45, 2.75) is 32.6 Å². The summed E-state index contributed by atoms with van der Waals surface area (Å²) in [4.78, 5) is 16.9. The zero-order valence-electron chi connectivity index (χ0n) is 13.0. The van der Waals surface area contributed by atoms with Gasteiger partial charge < -0.3 is 10.6 Å². The van der Waals surface area contributed by atoms with Gasteiger partial charge in [-0.1, -0.05) is 6.07 Å². The van der Waals surface area contributed by atoms with Crippen molar-refractivity contribution in [3.05, 3.63) is 45.4 Å². The second-order valence-electron chi connectivity index (χ2n) is 5.87. The minimum absolute atomic E-state index is 0.130. The Kier molecular flexibility index (Phi) is 4.55. The maximum atomic E-state index is 12.3. The molecule has 4 nitrogen and oxygen atoms in total. The summed E-state index contributed by atoms with van der Waals surface area (Å²) in [6, 6.07) is 5.94. The summed E-state index contributed by atoms with van der Waals surface area (Å²) in [7, 11) is 0.